The molecule has 2 heterocycles. The maximum atomic E-state index is 13.6. The lowest BCUT2D eigenvalue weighted by atomic mass is 9.91. The summed E-state index contributed by atoms with van der Waals surface area (Å²) in [6, 6.07) is 12.4. The first-order valence-electron chi connectivity index (χ1n) is 11.4. The van der Waals surface area contributed by atoms with Crippen LogP contribution in [0.25, 0.3) is 11.1 Å². The predicted octanol–water partition coefficient (Wildman–Crippen LogP) is 4.46. The number of hydrogen-bond acceptors (Lipinski definition) is 3. The molecule has 33 heavy (non-hydrogen) atoms. The Morgan fingerprint density at radius 3 is 2.33 bits per heavy atom. The van der Waals surface area contributed by atoms with Crippen LogP contribution in [0.2, 0.25) is 5.02 Å². The summed E-state index contributed by atoms with van der Waals surface area (Å²) >= 11 is 6.03. The fourth-order valence-electron chi connectivity index (χ4n) is 4.57. The monoisotopic (exact) mass is 467 g/mol. The van der Waals surface area contributed by atoms with E-state index in [0.29, 0.717) is 42.3 Å². The molecule has 6 nitrogen and oxygen atoms in total. The molecule has 1 saturated heterocycles. The molecule has 3 amide bonds. The lowest BCUT2D eigenvalue weighted by Crippen LogP contribution is -2.61. The van der Waals surface area contributed by atoms with E-state index in [1.807, 2.05) is 70.2 Å². The van der Waals surface area contributed by atoms with Crippen LogP contribution in [0.3, 0.4) is 0 Å². The topological polar surface area (TPSA) is 60.9 Å². The van der Waals surface area contributed by atoms with Crippen molar-refractivity contribution in [1.82, 2.24) is 9.80 Å². The Balaban J connectivity index is 1.68. The highest BCUT2D eigenvalue weighted by Gasteiger charge is 2.43. The Kier molecular flexibility index (Phi) is 6.23. The van der Waals surface area contributed by atoms with Crippen molar-refractivity contribution in [2.45, 2.75) is 40.2 Å². The van der Waals surface area contributed by atoms with Crippen LogP contribution in [0.5, 0.6) is 0 Å². The van der Waals surface area contributed by atoms with Gasteiger partial charge in [0.1, 0.15) is 6.04 Å². The number of benzene rings is 2. The molecule has 1 atom stereocenters. The Hall–Kier alpha value is -2.86. The predicted molar refractivity (Wildman–Crippen MR) is 130 cm³/mol. The molecule has 0 aliphatic carbocycles. The first-order chi connectivity index (χ1) is 15.6. The van der Waals surface area contributed by atoms with Crippen LogP contribution >= 0.6 is 11.6 Å². The number of fused-ring (bicyclic) bond motifs is 2. The van der Waals surface area contributed by atoms with Crippen molar-refractivity contribution >= 4 is 35.0 Å². The lowest BCUT2D eigenvalue weighted by molar-refractivity contribution is -0.137. The molecule has 0 aromatic heterocycles. The van der Waals surface area contributed by atoms with Crippen LogP contribution in [0.1, 0.15) is 44.5 Å². The highest BCUT2D eigenvalue weighted by atomic mass is 35.5. The van der Waals surface area contributed by atoms with E-state index in [1.54, 1.807) is 14.7 Å². The number of carbonyl (C=O) groups is 3. The molecule has 2 aliphatic heterocycles. The first-order valence-corrected chi connectivity index (χ1v) is 11.8. The summed E-state index contributed by atoms with van der Waals surface area (Å²) in [5, 5.41) is 0.647. The molecule has 2 aliphatic rings. The van der Waals surface area contributed by atoms with Crippen molar-refractivity contribution in [1.29, 1.82) is 0 Å². The van der Waals surface area contributed by atoms with Gasteiger partial charge in [-0.2, -0.15) is 0 Å². The molecule has 4 rings (SSSR count). The molecule has 7 heteroatoms. The third-order valence-corrected chi connectivity index (χ3v) is 6.49. The molecule has 1 unspecified atom stereocenters. The maximum Gasteiger partial charge on any atom is 0.256 e. The number of anilines is 1. The summed E-state index contributed by atoms with van der Waals surface area (Å²) in [6.07, 6.45) is 0.407. The minimum Gasteiger partial charge on any atom is -0.338 e. The minimum absolute atomic E-state index is 0.0252. The molecule has 0 spiro atoms. The van der Waals surface area contributed by atoms with Crippen LogP contribution in [0.15, 0.2) is 42.5 Å². The van der Waals surface area contributed by atoms with Gasteiger partial charge in [-0.25, -0.2) is 0 Å². The third-order valence-electron chi connectivity index (χ3n) is 6.24. The molecule has 174 valence electrons. The van der Waals surface area contributed by atoms with E-state index in [2.05, 4.69) is 0 Å². The van der Waals surface area contributed by atoms with Gasteiger partial charge in [-0.05, 0) is 47.7 Å². The van der Waals surface area contributed by atoms with Gasteiger partial charge in [0.15, 0.2) is 0 Å². The van der Waals surface area contributed by atoms with Crippen LogP contribution in [-0.4, -0.2) is 59.7 Å². The second-order valence-corrected chi connectivity index (χ2v) is 10.3. The highest BCUT2D eigenvalue weighted by molar-refractivity contribution is 6.30. The van der Waals surface area contributed by atoms with Crippen LogP contribution in [-0.2, 0) is 9.59 Å². The smallest absolute Gasteiger partial charge is 0.256 e. The van der Waals surface area contributed by atoms with Crippen molar-refractivity contribution < 1.29 is 14.4 Å². The maximum absolute atomic E-state index is 13.6. The van der Waals surface area contributed by atoms with Crippen LogP contribution in [0.4, 0.5) is 5.69 Å². The van der Waals surface area contributed by atoms with E-state index in [1.165, 1.54) is 0 Å². The highest BCUT2D eigenvalue weighted by Crippen LogP contribution is 2.34. The zero-order valence-electron chi connectivity index (χ0n) is 19.6. The first kappa shape index (κ1) is 23.3. The van der Waals surface area contributed by atoms with Gasteiger partial charge in [-0.1, -0.05) is 50.6 Å². The van der Waals surface area contributed by atoms with Crippen LogP contribution < -0.4 is 4.90 Å². The fraction of sp³-hybridized carbons (Fsp3) is 0.423. The van der Waals surface area contributed by atoms with Gasteiger partial charge in [-0.3, -0.25) is 14.4 Å². The summed E-state index contributed by atoms with van der Waals surface area (Å²) in [5.74, 6) is -0.285. The van der Waals surface area contributed by atoms with E-state index >= 15 is 0 Å². The average Bonchev–Trinajstić information content (AvgIpc) is 2.86. The minimum atomic E-state index is -0.679. The summed E-state index contributed by atoms with van der Waals surface area (Å²) < 4.78 is 0. The Bertz CT molecular complexity index is 1090. The molecule has 0 bridgehead atoms. The largest absolute Gasteiger partial charge is 0.338 e. The average molecular weight is 468 g/mol. The molecule has 2 aromatic rings. The fourth-order valence-corrected chi connectivity index (χ4v) is 4.70. The normalized spacial score (nSPS) is 18.7. The number of likely N-dealkylation sites (N-methyl/N-ethyl adjacent to an activating group) is 1. The quantitative estimate of drug-likeness (QED) is 0.669. The molecule has 2 aromatic carbocycles. The lowest BCUT2D eigenvalue weighted by Gasteiger charge is -2.40. The van der Waals surface area contributed by atoms with Crippen molar-refractivity contribution in [2.24, 2.45) is 5.41 Å². The van der Waals surface area contributed by atoms with Gasteiger partial charge in [0.25, 0.3) is 11.8 Å². The number of piperazine rings is 1. The van der Waals surface area contributed by atoms with E-state index < -0.39 is 6.04 Å². The number of hydrogen-bond donors (Lipinski definition) is 0. The summed E-state index contributed by atoms with van der Waals surface area (Å²) in [7, 11) is 0. The van der Waals surface area contributed by atoms with Gasteiger partial charge < -0.3 is 14.7 Å². The van der Waals surface area contributed by atoms with Crippen molar-refractivity contribution in [3.05, 3.63) is 53.1 Å². The van der Waals surface area contributed by atoms with E-state index in [0.717, 1.165) is 11.1 Å². The van der Waals surface area contributed by atoms with E-state index in [-0.39, 0.29) is 29.7 Å². The SMILES string of the molecule is CCN1C(=O)C2CN(C(=O)CC(C)(C)C)CCN2C(=O)c2cc(-c3ccc(Cl)cc3)ccc21. The Labute approximate surface area is 200 Å². The number of carbonyl (C=O) groups excluding carboxylic acids is 3. The molecule has 1 fully saturated rings. The Morgan fingerprint density at radius 1 is 1.03 bits per heavy atom. The van der Waals surface area contributed by atoms with Gasteiger partial charge >= 0.3 is 0 Å². The van der Waals surface area contributed by atoms with Gasteiger partial charge in [-0.15, -0.1) is 0 Å². The van der Waals surface area contributed by atoms with E-state index in [4.69, 9.17) is 11.6 Å². The van der Waals surface area contributed by atoms with Crippen molar-refractivity contribution in [3.63, 3.8) is 0 Å². The van der Waals surface area contributed by atoms with Gasteiger partial charge in [0, 0.05) is 31.1 Å². The number of rotatable bonds is 3. The zero-order chi connectivity index (χ0) is 23.9. The third kappa shape index (κ3) is 4.62. The van der Waals surface area contributed by atoms with Gasteiger partial charge in [0.2, 0.25) is 5.91 Å². The number of nitrogens with zero attached hydrogens (tertiary/aromatic N) is 3. The Morgan fingerprint density at radius 2 is 1.70 bits per heavy atom. The summed E-state index contributed by atoms with van der Waals surface area (Å²) in [5.41, 5.74) is 2.82. The molecular weight excluding hydrogens is 438 g/mol. The van der Waals surface area contributed by atoms with E-state index in [9.17, 15) is 14.4 Å². The summed E-state index contributed by atoms with van der Waals surface area (Å²) in [4.78, 5) is 45.1. The zero-order valence-corrected chi connectivity index (χ0v) is 20.4. The molecule has 0 radical (unpaired) electrons. The van der Waals surface area contributed by atoms with Crippen molar-refractivity contribution in [3.8, 4) is 11.1 Å². The second kappa shape index (κ2) is 8.82. The standard InChI is InChI=1S/C26H30ClN3O3/c1-5-29-21-11-8-18(17-6-9-19(27)10-7-17)14-20(21)24(32)30-13-12-28(16-22(30)25(29)33)23(31)15-26(2,3)4/h6-11,14,22H,5,12-13,15-16H2,1-4H3. The van der Waals surface area contributed by atoms with Gasteiger partial charge in [0.05, 0.1) is 17.8 Å². The summed E-state index contributed by atoms with van der Waals surface area (Å²) in [6.45, 7) is 9.42. The molecular formula is C26H30ClN3O3. The van der Waals surface area contributed by atoms with Crippen molar-refractivity contribution in [2.75, 3.05) is 31.1 Å². The number of amides is 3. The number of halogens is 1. The second-order valence-electron chi connectivity index (χ2n) is 9.91. The molecule has 0 saturated carbocycles. The molecule has 0 N–H and O–H groups in total. The van der Waals surface area contributed by atoms with Crippen LogP contribution in [0, 0.1) is 5.41 Å².